The van der Waals surface area contributed by atoms with Crippen LogP contribution in [0.25, 0.3) is 0 Å². The van der Waals surface area contributed by atoms with Crippen molar-refractivity contribution < 1.29 is 9.53 Å². The van der Waals surface area contributed by atoms with E-state index >= 15 is 0 Å². The van der Waals surface area contributed by atoms with E-state index in [4.69, 9.17) is 10.5 Å². The van der Waals surface area contributed by atoms with Crippen molar-refractivity contribution in [1.29, 1.82) is 0 Å². The summed E-state index contributed by atoms with van der Waals surface area (Å²) in [7, 11) is 1.83. The van der Waals surface area contributed by atoms with Gasteiger partial charge in [0, 0.05) is 13.6 Å². The quantitative estimate of drug-likeness (QED) is 0.736. The van der Waals surface area contributed by atoms with Gasteiger partial charge >= 0.3 is 0 Å². The second-order valence-corrected chi connectivity index (χ2v) is 4.84. The van der Waals surface area contributed by atoms with E-state index in [1.165, 1.54) is 19.3 Å². The molecule has 1 saturated carbocycles. The Kier molecular flexibility index (Phi) is 7.21. The lowest BCUT2D eigenvalue weighted by Crippen LogP contribution is -2.30. The second-order valence-electron chi connectivity index (χ2n) is 4.84. The number of amides is 1. The molecule has 1 fully saturated rings. The smallest absolute Gasteiger partial charge is 0.224 e. The molecule has 4 nitrogen and oxygen atoms in total. The molecule has 100 valence electrons. The lowest BCUT2D eigenvalue weighted by atomic mass is 9.98. The zero-order valence-electron chi connectivity index (χ0n) is 11.0. The van der Waals surface area contributed by atoms with Crippen LogP contribution in [0.5, 0.6) is 0 Å². The van der Waals surface area contributed by atoms with Gasteiger partial charge in [0.1, 0.15) is 0 Å². The van der Waals surface area contributed by atoms with E-state index in [0.29, 0.717) is 25.7 Å². The Hall–Kier alpha value is -0.610. The summed E-state index contributed by atoms with van der Waals surface area (Å²) in [6.45, 7) is 1.95. The van der Waals surface area contributed by atoms with E-state index in [-0.39, 0.29) is 5.91 Å². The lowest BCUT2D eigenvalue weighted by Gasteiger charge is -2.22. The van der Waals surface area contributed by atoms with Crippen LogP contribution in [0.4, 0.5) is 0 Å². The molecule has 0 unspecified atom stereocenters. The van der Waals surface area contributed by atoms with Gasteiger partial charge in [-0.1, -0.05) is 19.3 Å². The van der Waals surface area contributed by atoms with Gasteiger partial charge in [-0.15, -0.1) is 0 Å². The third kappa shape index (κ3) is 6.03. The third-order valence-corrected chi connectivity index (χ3v) is 3.35. The average molecular weight is 242 g/mol. The molecule has 2 N–H and O–H groups in total. The van der Waals surface area contributed by atoms with Crippen molar-refractivity contribution >= 4 is 5.91 Å². The zero-order chi connectivity index (χ0) is 12.5. The van der Waals surface area contributed by atoms with Crippen molar-refractivity contribution in [3.63, 3.8) is 0 Å². The molecule has 0 aromatic carbocycles. The maximum atomic E-state index is 11.7. The van der Waals surface area contributed by atoms with Crippen molar-refractivity contribution in [1.82, 2.24) is 4.90 Å². The summed E-state index contributed by atoms with van der Waals surface area (Å²) < 4.78 is 5.74. The molecule has 0 aromatic heterocycles. The summed E-state index contributed by atoms with van der Waals surface area (Å²) in [5.74, 6) is 0.161. The number of nitrogens with two attached hydrogens (primary N) is 1. The highest BCUT2D eigenvalue weighted by Crippen LogP contribution is 2.20. The SMILES string of the molecule is CN(CCCN)C(=O)CCOC1CCCCC1. The first-order valence-electron chi connectivity index (χ1n) is 6.79. The van der Waals surface area contributed by atoms with Crippen molar-refractivity contribution in [2.45, 2.75) is 51.0 Å². The summed E-state index contributed by atoms with van der Waals surface area (Å²) in [4.78, 5) is 13.4. The molecule has 0 atom stereocenters. The van der Waals surface area contributed by atoms with Crippen molar-refractivity contribution in [2.24, 2.45) is 5.73 Å². The van der Waals surface area contributed by atoms with Gasteiger partial charge in [-0.2, -0.15) is 0 Å². The van der Waals surface area contributed by atoms with Crippen LogP contribution in [-0.4, -0.2) is 43.7 Å². The summed E-state index contributed by atoms with van der Waals surface area (Å²) in [6.07, 6.45) is 7.97. The van der Waals surface area contributed by atoms with Gasteiger partial charge in [0.15, 0.2) is 0 Å². The standard InChI is InChI=1S/C13H26N2O2/c1-15(10-5-9-14)13(16)8-11-17-12-6-3-2-4-7-12/h12H,2-11,14H2,1H3. The Morgan fingerprint density at radius 1 is 1.35 bits per heavy atom. The van der Waals surface area contributed by atoms with Gasteiger partial charge in [0.2, 0.25) is 5.91 Å². The number of ether oxygens (including phenoxy) is 1. The summed E-state index contributed by atoms with van der Waals surface area (Å²) in [5, 5.41) is 0. The molecule has 1 aliphatic rings. The predicted molar refractivity (Wildman–Crippen MR) is 68.8 cm³/mol. The molecular weight excluding hydrogens is 216 g/mol. The first kappa shape index (κ1) is 14.5. The Labute approximate surface area is 104 Å². The number of nitrogens with zero attached hydrogens (tertiary/aromatic N) is 1. The predicted octanol–water partition coefficient (Wildman–Crippen LogP) is 1.53. The topological polar surface area (TPSA) is 55.6 Å². The van der Waals surface area contributed by atoms with E-state index in [0.717, 1.165) is 25.8 Å². The highest BCUT2D eigenvalue weighted by molar-refractivity contribution is 5.75. The van der Waals surface area contributed by atoms with Gasteiger partial charge < -0.3 is 15.4 Å². The first-order valence-corrected chi connectivity index (χ1v) is 6.79. The zero-order valence-corrected chi connectivity index (χ0v) is 11.0. The van der Waals surface area contributed by atoms with Crippen LogP contribution in [0.1, 0.15) is 44.9 Å². The minimum atomic E-state index is 0.161. The monoisotopic (exact) mass is 242 g/mol. The van der Waals surface area contributed by atoms with Crippen LogP contribution >= 0.6 is 0 Å². The van der Waals surface area contributed by atoms with Crippen LogP contribution in [-0.2, 0) is 9.53 Å². The second kappa shape index (κ2) is 8.48. The van der Waals surface area contributed by atoms with Crippen LogP contribution in [0, 0.1) is 0 Å². The molecule has 0 spiro atoms. The minimum absolute atomic E-state index is 0.161. The van der Waals surface area contributed by atoms with E-state index in [2.05, 4.69) is 0 Å². The Morgan fingerprint density at radius 3 is 2.71 bits per heavy atom. The Bertz CT molecular complexity index is 215. The molecule has 4 heteroatoms. The van der Waals surface area contributed by atoms with Crippen LogP contribution in [0.15, 0.2) is 0 Å². The van der Waals surface area contributed by atoms with E-state index in [1.54, 1.807) is 4.90 Å². The van der Waals surface area contributed by atoms with E-state index in [1.807, 2.05) is 7.05 Å². The number of rotatable bonds is 7. The molecule has 17 heavy (non-hydrogen) atoms. The Balaban J connectivity index is 2.06. The largest absolute Gasteiger partial charge is 0.378 e. The maximum absolute atomic E-state index is 11.7. The fraction of sp³-hybridized carbons (Fsp3) is 0.923. The van der Waals surface area contributed by atoms with Gasteiger partial charge in [-0.25, -0.2) is 0 Å². The number of carbonyl (C=O) groups is 1. The van der Waals surface area contributed by atoms with Crippen LogP contribution < -0.4 is 5.73 Å². The summed E-state index contributed by atoms with van der Waals surface area (Å²) >= 11 is 0. The fourth-order valence-corrected chi connectivity index (χ4v) is 2.19. The number of hydrogen-bond acceptors (Lipinski definition) is 3. The molecule has 1 rings (SSSR count). The van der Waals surface area contributed by atoms with E-state index in [9.17, 15) is 4.79 Å². The minimum Gasteiger partial charge on any atom is -0.378 e. The lowest BCUT2D eigenvalue weighted by molar-refractivity contribution is -0.131. The van der Waals surface area contributed by atoms with Gasteiger partial charge in [0.25, 0.3) is 0 Å². The molecule has 0 bridgehead atoms. The van der Waals surface area contributed by atoms with Crippen LogP contribution in [0.2, 0.25) is 0 Å². The van der Waals surface area contributed by atoms with Gasteiger partial charge in [-0.05, 0) is 25.8 Å². The first-order chi connectivity index (χ1) is 8.24. The highest BCUT2D eigenvalue weighted by Gasteiger charge is 2.14. The molecule has 0 saturated heterocycles. The van der Waals surface area contributed by atoms with Gasteiger partial charge in [-0.3, -0.25) is 4.79 Å². The fourth-order valence-electron chi connectivity index (χ4n) is 2.19. The molecule has 0 aliphatic heterocycles. The number of carbonyl (C=O) groups excluding carboxylic acids is 1. The van der Waals surface area contributed by atoms with Crippen molar-refractivity contribution in [3.05, 3.63) is 0 Å². The third-order valence-electron chi connectivity index (χ3n) is 3.35. The van der Waals surface area contributed by atoms with Crippen molar-refractivity contribution in [2.75, 3.05) is 26.7 Å². The highest BCUT2D eigenvalue weighted by atomic mass is 16.5. The Morgan fingerprint density at radius 2 is 2.06 bits per heavy atom. The molecule has 0 radical (unpaired) electrons. The maximum Gasteiger partial charge on any atom is 0.224 e. The summed E-state index contributed by atoms with van der Waals surface area (Å²) in [5.41, 5.74) is 5.41. The summed E-state index contributed by atoms with van der Waals surface area (Å²) in [6, 6.07) is 0. The molecule has 1 amide bonds. The molecular formula is C13H26N2O2. The normalized spacial score (nSPS) is 17.1. The average Bonchev–Trinajstić information content (AvgIpc) is 2.37. The van der Waals surface area contributed by atoms with Gasteiger partial charge in [0.05, 0.1) is 19.1 Å². The number of hydrogen-bond donors (Lipinski definition) is 1. The molecule has 0 heterocycles. The molecule has 0 aromatic rings. The molecule has 1 aliphatic carbocycles. The van der Waals surface area contributed by atoms with E-state index < -0.39 is 0 Å². The van der Waals surface area contributed by atoms with Crippen LogP contribution in [0.3, 0.4) is 0 Å². The van der Waals surface area contributed by atoms with Crippen molar-refractivity contribution in [3.8, 4) is 0 Å².